The van der Waals surface area contributed by atoms with Crippen molar-refractivity contribution in [1.29, 1.82) is 0 Å². The zero-order valence-electron chi connectivity index (χ0n) is 11.0. The van der Waals surface area contributed by atoms with Crippen LogP contribution in [0.4, 0.5) is 0 Å². The van der Waals surface area contributed by atoms with E-state index < -0.39 is 5.91 Å². The van der Waals surface area contributed by atoms with E-state index in [1.54, 1.807) is 19.1 Å². The van der Waals surface area contributed by atoms with Gasteiger partial charge in [-0.15, -0.1) is 0 Å². The Morgan fingerprint density at radius 2 is 2.11 bits per heavy atom. The normalized spacial score (nSPS) is 11.9. The van der Waals surface area contributed by atoms with Crippen LogP contribution in [0.1, 0.15) is 29.8 Å². The Kier molecular flexibility index (Phi) is 5.79. The van der Waals surface area contributed by atoms with Crippen LogP contribution in [-0.2, 0) is 11.3 Å². The molecule has 1 unspecified atom stereocenters. The molecule has 0 aliphatic rings. The van der Waals surface area contributed by atoms with Crippen LogP contribution >= 0.6 is 11.6 Å². The van der Waals surface area contributed by atoms with E-state index in [0.29, 0.717) is 23.7 Å². The fourth-order valence-corrected chi connectivity index (χ4v) is 1.77. The number of hydrogen-bond donors (Lipinski definition) is 3. The van der Waals surface area contributed by atoms with Crippen LogP contribution in [0.2, 0.25) is 5.02 Å². The van der Waals surface area contributed by atoms with E-state index in [9.17, 15) is 9.59 Å². The molecule has 1 aromatic rings. The molecular formula is C13H18ClN3O2. The molecule has 1 rings (SSSR count). The molecule has 0 bridgehead atoms. The van der Waals surface area contributed by atoms with Crippen LogP contribution in [0.15, 0.2) is 18.2 Å². The van der Waals surface area contributed by atoms with E-state index in [1.165, 1.54) is 6.07 Å². The summed E-state index contributed by atoms with van der Waals surface area (Å²) in [5.74, 6) is -0.579. The molecule has 0 aliphatic heterocycles. The number of carbonyl (C=O) groups excluding carboxylic acids is 2. The molecule has 0 heterocycles. The lowest BCUT2D eigenvalue weighted by Gasteiger charge is -2.14. The number of carbonyl (C=O) groups is 2. The van der Waals surface area contributed by atoms with Gasteiger partial charge in [0.2, 0.25) is 11.8 Å². The summed E-state index contributed by atoms with van der Waals surface area (Å²) in [6.45, 7) is 4.68. The van der Waals surface area contributed by atoms with E-state index >= 15 is 0 Å². The molecule has 0 saturated carbocycles. The van der Waals surface area contributed by atoms with Gasteiger partial charge in [-0.25, -0.2) is 0 Å². The summed E-state index contributed by atoms with van der Waals surface area (Å²) in [5.41, 5.74) is 6.34. The van der Waals surface area contributed by atoms with E-state index in [-0.39, 0.29) is 11.9 Å². The standard InChI is InChI=1S/C13H18ClN3O2/c1-3-16-13(19)8(2)17-7-10-5-4-9(12(15)18)6-11(10)14/h4-6,8,17H,3,7H2,1-2H3,(H2,15,18)(H,16,19). The van der Waals surface area contributed by atoms with Crippen molar-refractivity contribution < 1.29 is 9.59 Å². The summed E-state index contributed by atoms with van der Waals surface area (Å²) in [6.07, 6.45) is 0. The van der Waals surface area contributed by atoms with Crippen molar-refractivity contribution in [3.63, 3.8) is 0 Å². The van der Waals surface area contributed by atoms with Crippen LogP contribution in [0.5, 0.6) is 0 Å². The third-order valence-corrected chi connectivity index (χ3v) is 3.03. The number of benzene rings is 1. The minimum Gasteiger partial charge on any atom is -0.366 e. The molecule has 1 atom stereocenters. The Morgan fingerprint density at radius 1 is 1.42 bits per heavy atom. The van der Waals surface area contributed by atoms with Gasteiger partial charge >= 0.3 is 0 Å². The topological polar surface area (TPSA) is 84.2 Å². The highest BCUT2D eigenvalue weighted by atomic mass is 35.5. The summed E-state index contributed by atoms with van der Waals surface area (Å²) >= 11 is 6.05. The Hall–Kier alpha value is -1.59. The van der Waals surface area contributed by atoms with Gasteiger partial charge < -0.3 is 16.4 Å². The quantitative estimate of drug-likeness (QED) is 0.730. The molecule has 0 aliphatic carbocycles. The Labute approximate surface area is 117 Å². The van der Waals surface area contributed by atoms with Gasteiger partial charge in [0.1, 0.15) is 0 Å². The summed E-state index contributed by atoms with van der Waals surface area (Å²) in [7, 11) is 0. The maximum Gasteiger partial charge on any atom is 0.248 e. The van der Waals surface area contributed by atoms with Crippen LogP contribution in [0.25, 0.3) is 0 Å². The maximum absolute atomic E-state index is 11.5. The first kappa shape index (κ1) is 15.5. The van der Waals surface area contributed by atoms with Crippen molar-refractivity contribution in [2.75, 3.05) is 6.54 Å². The van der Waals surface area contributed by atoms with E-state index in [0.717, 1.165) is 5.56 Å². The molecule has 5 nitrogen and oxygen atoms in total. The highest BCUT2D eigenvalue weighted by Gasteiger charge is 2.12. The average Bonchev–Trinajstić information content (AvgIpc) is 2.36. The second-order valence-corrected chi connectivity index (χ2v) is 4.57. The molecule has 4 N–H and O–H groups in total. The zero-order valence-corrected chi connectivity index (χ0v) is 11.8. The van der Waals surface area contributed by atoms with Gasteiger partial charge in [0.25, 0.3) is 0 Å². The highest BCUT2D eigenvalue weighted by molar-refractivity contribution is 6.31. The van der Waals surface area contributed by atoms with Crippen LogP contribution in [0, 0.1) is 0 Å². The van der Waals surface area contributed by atoms with Gasteiger partial charge in [0.15, 0.2) is 0 Å². The van der Waals surface area contributed by atoms with Crippen LogP contribution < -0.4 is 16.4 Å². The first-order valence-electron chi connectivity index (χ1n) is 6.05. The average molecular weight is 284 g/mol. The molecule has 104 valence electrons. The number of amides is 2. The number of hydrogen-bond acceptors (Lipinski definition) is 3. The monoisotopic (exact) mass is 283 g/mol. The van der Waals surface area contributed by atoms with Gasteiger partial charge in [-0.1, -0.05) is 17.7 Å². The van der Waals surface area contributed by atoms with Crippen molar-refractivity contribution >= 4 is 23.4 Å². The fourth-order valence-electron chi connectivity index (χ4n) is 1.53. The second-order valence-electron chi connectivity index (χ2n) is 4.17. The minimum atomic E-state index is -0.517. The molecule has 0 saturated heterocycles. The lowest BCUT2D eigenvalue weighted by atomic mass is 10.1. The Bertz CT molecular complexity index is 477. The maximum atomic E-state index is 11.5. The lowest BCUT2D eigenvalue weighted by Crippen LogP contribution is -2.41. The van der Waals surface area contributed by atoms with Gasteiger partial charge in [0, 0.05) is 23.7 Å². The zero-order chi connectivity index (χ0) is 14.4. The number of halogens is 1. The van der Waals surface area contributed by atoms with Crippen LogP contribution in [0.3, 0.4) is 0 Å². The predicted octanol–water partition coefficient (Wildman–Crippen LogP) is 1.05. The van der Waals surface area contributed by atoms with Crippen molar-refractivity contribution in [2.24, 2.45) is 5.73 Å². The molecule has 0 fully saturated rings. The number of nitrogens with one attached hydrogen (secondary N) is 2. The molecule has 2 amide bonds. The predicted molar refractivity (Wildman–Crippen MR) is 75.0 cm³/mol. The van der Waals surface area contributed by atoms with Crippen molar-refractivity contribution in [3.05, 3.63) is 34.3 Å². The molecule has 19 heavy (non-hydrogen) atoms. The third kappa shape index (κ3) is 4.54. The summed E-state index contributed by atoms with van der Waals surface area (Å²) in [4.78, 5) is 22.5. The smallest absolute Gasteiger partial charge is 0.248 e. The minimum absolute atomic E-state index is 0.0626. The number of likely N-dealkylation sites (N-methyl/N-ethyl adjacent to an activating group) is 1. The van der Waals surface area contributed by atoms with Crippen molar-refractivity contribution in [2.45, 2.75) is 26.4 Å². The van der Waals surface area contributed by atoms with E-state index in [4.69, 9.17) is 17.3 Å². The van der Waals surface area contributed by atoms with Crippen LogP contribution in [-0.4, -0.2) is 24.4 Å². The van der Waals surface area contributed by atoms with Gasteiger partial charge in [-0.05, 0) is 31.5 Å². The fraction of sp³-hybridized carbons (Fsp3) is 0.385. The van der Waals surface area contributed by atoms with E-state index in [1.807, 2.05) is 6.92 Å². The number of primary amides is 1. The van der Waals surface area contributed by atoms with Gasteiger partial charge in [-0.3, -0.25) is 9.59 Å². The summed E-state index contributed by atoms with van der Waals surface area (Å²) in [6, 6.07) is 4.55. The summed E-state index contributed by atoms with van der Waals surface area (Å²) in [5, 5.41) is 6.24. The largest absolute Gasteiger partial charge is 0.366 e. The Morgan fingerprint density at radius 3 is 2.63 bits per heavy atom. The SMILES string of the molecule is CCNC(=O)C(C)NCc1ccc(C(N)=O)cc1Cl. The van der Waals surface area contributed by atoms with E-state index in [2.05, 4.69) is 10.6 Å². The number of rotatable bonds is 6. The second kappa shape index (κ2) is 7.11. The Balaban J connectivity index is 2.63. The molecular weight excluding hydrogens is 266 g/mol. The molecule has 0 spiro atoms. The molecule has 0 radical (unpaired) electrons. The molecule has 0 aromatic heterocycles. The van der Waals surface area contributed by atoms with Gasteiger partial charge in [0.05, 0.1) is 6.04 Å². The molecule has 6 heteroatoms. The van der Waals surface area contributed by atoms with Crippen molar-refractivity contribution in [1.82, 2.24) is 10.6 Å². The first-order valence-corrected chi connectivity index (χ1v) is 6.42. The lowest BCUT2D eigenvalue weighted by molar-refractivity contribution is -0.122. The third-order valence-electron chi connectivity index (χ3n) is 2.68. The number of nitrogens with two attached hydrogens (primary N) is 1. The molecule has 1 aromatic carbocycles. The highest BCUT2D eigenvalue weighted by Crippen LogP contribution is 2.17. The summed E-state index contributed by atoms with van der Waals surface area (Å²) < 4.78 is 0. The van der Waals surface area contributed by atoms with Crippen molar-refractivity contribution in [3.8, 4) is 0 Å². The van der Waals surface area contributed by atoms with Gasteiger partial charge in [-0.2, -0.15) is 0 Å². The first-order chi connectivity index (χ1) is 8.95.